The molecule has 4 heteroatoms. The van der Waals surface area contributed by atoms with E-state index in [1.807, 2.05) is 0 Å². The highest BCUT2D eigenvalue weighted by molar-refractivity contribution is 9.10. The van der Waals surface area contributed by atoms with Crippen LogP contribution in [0.15, 0.2) is 22.2 Å². The van der Waals surface area contributed by atoms with Crippen molar-refractivity contribution >= 4 is 43.8 Å². The molecule has 1 aliphatic carbocycles. The molecule has 0 bridgehead atoms. The molecule has 20 heavy (non-hydrogen) atoms. The Morgan fingerprint density at radius 3 is 2.60 bits per heavy atom. The first-order valence-electron chi connectivity index (χ1n) is 6.84. The summed E-state index contributed by atoms with van der Waals surface area (Å²) in [6, 6.07) is 2.29. The van der Waals surface area contributed by atoms with Gasteiger partial charge in [-0.15, -0.1) is 0 Å². The number of anilines is 1. The highest BCUT2D eigenvalue weighted by Crippen LogP contribution is 2.34. The van der Waals surface area contributed by atoms with Crippen LogP contribution in [0.1, 0.15) is 37.0 Å². The predicted molar refractivity (Wildman–Crippen MR) is 96.3 cm³/mol. The van der Waals surface area contributed by atoms with Gasteiger partial charge >= 0.3 is 0 Å². The number of aryl methyl sites for hydroxylation is 2. The summed E-state index contributed by atoms with van der Waals surface area (Å²) in [5.41, 5.74) is 12.7. The van der Waals surface area contributed by atoms with Crippen LogP contribution in [0.3, 0.4) is 0 Å². The second kappa shape index (κ2) is 8.63. The van der Waals surface area contributed by atoms with Crippen LogP contribution in [-0.2, 0) is 19.3 Å². The Morgan fingerprint density at radius 1 is 1.40 bits per heavy atom. The molecule has 0 saturated heterocycles. The first kappa shape index (κ1) is 17.4. The van der Waals surface area contributed by atoms with E-state index in [-0.39, 0.29) is 0 Å². The maximum absolute atomic E-state index is 6.28. The van der Waals surface area contributed by atoms with Crippen molar-refractivity contribution in [2.24, 2.45) is 0 Å². The molecule has 0 aromatic heterocycles. The number of allylic oxidation sites excluding steroid dienone is 2. The molecule has 0 fully saturated rings. The minimum Gasteiger partial charge on any atom is -0.398 e. The van der Waals surface area contributed by atoms with Gasteiger partial charge in [-0.1, -0.05) is 40.6 Å². The quantitative estimate of drug-likeness (QED) is 0.309. The molecule has 0 spiro atoms. The summed E-state index contributed by atoms with van der Waals surface area (Å²) in [5.74, 6) is 0. The summed E-state index contributed by atoms with van der Waals surface area (Å²) in [7, 11) is 0. The van der Waals surface area contributed by atoms with Crippen LogP contribution in [0.25, 0.3) is 0 Å². The minimum atomic E-state index is 0.674. The lowest BCUT2D eigenvalue weighted by Gasteiger charge is -2.14. The molecular formula is C16H22Br2N2. The molecule has 1 aromatic carbocycles. The van der Waals surface area contributed by atoms with Crippen molar-refractivity contribution in [3.05, 3.63) is 38.9 Å². The van der Waals surface area contributed by atoms with Gasteiger partial charge in [0, 0.05) is 21.7 Å². The molecule has 0 radical (unpaired) electrons. The second-order valence-electron chi connectivity index (χ2n) is 4.87. The van der Waals surface area contributed by atoms with Crippen LogP contribution < -0.4 is 5.73 Å². The fourth-order valence-electron chi connectivity index (χ4n) is 2.27. The van der Waals surface area contributed by atoms with Gasteiger partial charge in [0.15, 0.2) is 0 Å². The average molecular weight is 402 g/mol. The van der Waals surface area contributed by atoms with E-state index < -0.39 is 0 Å². The first-order valence-corrected chi connectivity index (χ1v) is 8.75. The Bertz CT molecular complexity index is 508. The lowest BCUT2D eigenvalue weighted by Crippen LogP contribution is -2.02. The number of rotatable bonds is 2. The molecule has 0 atom stereocenters. The van der Waals surface area contributed by atoms with E-state index in [9.17, 15) is 0 Å². The molecule has 1 aromatic rings. The number of hydrogen-bond donors (Lipinski definition) is 2. The van der Waals surface area contributed by atoms with Crippen molar-refractivity contribution in [2.75, 3.05) is 11.1 Å². The third-order valence-electron chi connectivity index (χ3n) is 3.48. The van der Waals surface area contributed by atoms with Crippen molar-refractivity contribution in [3.63, 3.8) is 0 Å². The molecule has 2 nitrogen and oxygen atoms in total. The van der Waals surface area contributed by atoms with Crippen LogP contribution in [0.4, 0.5) is 5.69 Å². The SMILES string of the molecule is CCc1cc2c(c(Br)c1N)CC=C(C)CC2.N=CCBr. The number of alkyl halides is 1. The summed E-state index contributed by atoms with van der Waals surface area (Å²) in [6.07, 6.45) is 7.94. The summed E-state index contributed by atoms with van der Waals surface area (Å²) in [4.78, 5) is 0. The highest BCUT2D eigenvalue weighted by Gasteiger charge is 2.14. The van der Waals surface area contributed by atoms with Crippen LogP contribution in [0.5, 0.6) is 0 Å². The normalized spacial score (nSPS) is 13.5. The zero-order chi connectivity index (χ0) is 15.1. The number of nitrogens with one attached hydrogen (secondary N) is 1. The molecule has 0 amide bonds. The van der Waals surface area contributed by atoms with Crippen molar-refractivity contribution in [1.29, 1.82) is 5.41 Å². The third kappa shape index (κ3) is 4.45. The summed E-state index contributed by atoms with van der Waals surface area (Å²) in [6.45, 7) is 4.37. The zero-order valence-electron chi connectivity index (χ0n) is 12.1. The predicted octanol–water partition coefficient (Wildman–Crippen LogP) is 5.06. The molecule has 0 unspecified atom stereocenters. The van der Waals surface area contributed by atoms with Gasteiger partial charge in [0.2, 0.25) is 0 Å². The number of halogens is 2. The average Bonchev–Trinajstić information content (AvgIpc) is 2.65. The van der Waals surface area contributed by atoms with E-state index in [0.29, 0.717) is 5.33 Å². The van der Waals surface area contributed by atoms with E-state index in [1.54, 1.807) is 0 Å². The first-order chi connectivity index (χ1) is 9.54. The standard InChI is InChI=1S/C14H18BrN.C2H4BrN/c1-3-10-8-11-6-4-9(2)5-7-12(11)13(15)14(10)16;3-1-2-4/h5,8H,3-4,6-7,16H2,1-2H3;2,4H,1H2. The smallest absolute Gasteiger partial charge is 0.0494 e. The van der Waals surface area contributed by atoms with Crippen LogP contribution >= 0.6 is 31.9 Å². The molecule has 3 N–H and O–H groups in total. The Labute approximate surface area is 138 Å². The van der Waals surface area contributed by atoms with Crippen LogP contribution in [0, 0.1) is 5.41 Å². The molecule has 110 valence electrons. The number of benzene rings is 1. The fourth-order valence-corrected chi connectivity index (χ4v) is 2.94. The largest absolute Gasteiger partial charge is 0.398 e. The topological polar surface area (TPSA) is 49.9 Å². The van der Waals surface area contributed by atoms with Gasteiger partial charge in [0.25, 0.3) is 0 Å². The minimum absolute atomic E-state index is 0.674. The molecule has 1 aliphatic rings. The van der Waals surface area contributed by atoms with Crippen molar-refractivity contribution < 1.29 is 0 Å². The molecule has 0 aliphatic heterocycles. The number of nitrogens with two attached hydrogens (primary N) is 1. The van der Waals surface area contributed by atoms with Gasteiger partial charge in [-0.3, -0.25) is 0 Å². The van der Waals surface area contributed by atoms with E-state index in [2.05, 4.69) is 57.8 Å². The molecular weight excluding hydrogens is 380 g/mol. The molecule has 0 heterocycles. The van der Waals surface area contributed by atoms with E-state index in [1.165, 1.54) is 34.9 Å². The highest BCUT2D eigenvalue weighted by atomic mass is 79.9. The summed E-state index contributed by atoms with van der Waals surface area (Å²) >= 11 is 6.66. The Kier molecular flexibility index (Phi) is 7.52. The lowest BCUT2D eigenvalue weighted by molar-refractivity contribution is 0.941. The second-order valence-corrected chi connectivity index (χ2v) is 6.31. The lowest BCUT2D eigenvalue weighted by atomic mass is 9.97. The van der Waals surface area contributed by atoms with Gasteiger partial charge in [0.1, 0.15) is 0 Å². The van der Waals surface area contributed by atoms with E-state index in [4.69, 9.17) is 11.1 Å². The van der Waals surface area contributed by atoms with Crippen molar-refractivity contribution in [1.82, 2.24) is 0 Å². The maximum Gasteiger partial charge on any atom is 0.0494 e. The van der Waals surface area contributed by atoms with Gasteiger partial charge in [-0.2, -0.15) is 0 Å². The zero-order valence-corrected chi connectivity index (χ0v) is 15.3. The van der Waals surface area contributed by atoms with Crippen molar-refractivity contribution in [2.45, 2.75) is 39.5 Å². The van der Waals surface area contributed by atoms with E-state index in [0.717, 1.165) is 29.4 Å². The van der Waals surface area contributed by atoms with Gasteiger partial charge < -0.3 is 11.1 Å². The fraction of sp³-hybridized carbons (Fsp3) is 0.438. The van der Waals surface area contributed by atoms with Crippen LogP contribution in [0.2, 0.25) is 0 Å². The van der Waals surface area contributed by atoms with Gasteiger partial charge in [0.05, 0.1) is 0 Å². The molecule has 2 rings (SSSR count). The summed E-state index contributed by atoms with van der Waals surface area (Å²) < 4.78 is 1.12. The Morgan fingerprint density at radius 2 is 2.05 bits per heavy atom. The van der Waals surface area contributed by atoms with Crippen LogP contribution in [-0.4, -0.2) is 11.5 Å². The number of hydrogen-bond acceptors (Lipinski definition) is 2. The molecule has 0 saturated carbocycles. The van der Waals surface area contributed by atoms with E-state index >= 15 is 0 Å². The Balaban J connectivity index is 0.000000444. The van der Waals surface area contributed by atoms with Crippen molar-refractivity contribution in [3.8, 4) is 0 Å². The Hall–Kier alpha value is -0.610. The third-order valence-corrected chi connectivity index (χ3v) is 4.71. The van der Waals surface area contributed by atoms with Gasteiger partial charge in [-0.05, 0) is 65.2 Å². The monoisotopic (exact) mass is 400 g/mol. The van der Waals surface area contributed by atoms with Gasteiger partial charge in [-0.25, -0.2) is 0 Å². The summed E-state index contributed by atoms with van der Waals surface area (Å²) in [5, 5.41) is 6.95. The maximum atomic E-state index is 6.28. The number of fused-ring (bicyclic) bond motifs is 1. The number of nitrogen functional groups attached to an aromatic ring is 1.